The van der Waals surface area contributed by atoms with Gasteiger partial charge in [0.05, 0.1) is 6.10 Å². The molecule has 0 amide bonds. The fourth-order valence-electron chi connectivity index (χ4n) is 1.10. The van der Waals surface area contributed by atoms with Crippen molar-refractivity contribution in [3.05, 3.63) is 0 Å². The minimum atomic E-state index is -0.299. The Morgan fingerprint density at radius 2 is 2.07 bits per heavy atom. The van der Waals surface area contributed by atoms with Crippen LogP contribution in [-0.4, -0.2) is 35.3 Å². The summed E-state index contributed by atoms with van der Waals surface area (Å²) in [4.78, 5) is 0. The van der Waals surface area contributed by atoms with Crippen LogP contribution in [0.25, 0.3) is 0 Å². The van der Waals surface area contributed by atoms with Gasteiger partial charge in [0, 0.05) is 5.41 Å². The second-order valence-electron chi connectivity index (χ2n) is 4.51. The molecule has 0 aromatic heterocycles. The smallest absolute Gasteiger partial charge is 0.144 e. The lowest BCUT2D eigenvalue weighted by Gasteiger charge is -2.22. The van der Waals surface area contributed by atoms with E-state index in [1.54, 1.807) is 6.92 Å². The Morgan fingerprint density at radius 1 is 1.47 bits per heavy atom. The van der Waals surface area contributed by atoms with E-state index in [0.717, 1.165) is 25.9 Å². The van der Waals surface area contributed by atoms with Gasteiger partial charge in [-0.25, -0.2) is 0 Å². The monoisotopic (exact) mass is 217 g/mol. The number of nitrogens with one attached hydrogen (secondary N) is 1. The molecule has 1 atom stereocenters. The molecular formula is C10H23N3O2. The maximum absolute atomic E-state index is 9.03. The number of oxime groups is 1. The van der Waals surface area contributed by atoms with Crippen LogP contribution in [0.5, 0.6) is 0 Å². The van der Waals surface area contributed by atoms with E-state index in [-0.39, 0.29) is 17.4 Å². The predicted octanol–water partition coefficient (Wildman–Crippen LogP) is 0.510. The highest BCUT2D eigenvalue weighted by Gasteiger charge is 2.22. The van der Waals surface area contributed by atoms with Gasteiger partial charge in [-0.05, 0) is 32.9 Å². The van der Waals surface area contributed by atoms with Crippen molar-refractivity contribution in [2.24, 2.45) is 16.3 Å². The van der Waals surface area contributed by atoms with E-state index in [9.17, 15) is 0 Å². The second-order valence-corrected chi connectivity index (χ2v) is 4.51. The highest BCUT2D eigenvalue weighted by Crippen LogP contribution is 2.19. The SMILES string of the molecule is CC(O)CCNCCC(C)(C)C(N)=NO. The summed E-state index contributed by atoms with van der Waals surface area (Å²) >= 11 is 0. The molecule has 5 heteroatoms. The van der Waals surface area contributed by atoms with Crippen LogP contribution in [0, 0.1) is 5.41 Å². The average Bonchev–Trinajstić information content (AvgIpc) is 2.15. The van der Waals surface area contributed by atoms with Gasteiger partial charge in [0.25, 0.3) is 0 Å². The van der Waals surface area contributed by atoms with Crippen LogP contribution in [0.3, 0.4) is 0 Å². The van der Waals surface area contributed by atoms with E-state index in [4.69, 9.17) is 16.0 Å². The predicted molar refractivity (Wildman–Crippen MR) is 61.0 cm³/mol. The lowest BCUT2D eigenvalue weighted by Crippen LogP contribution is -2.35. The molecule has 0 aliphatic heterocycles. The number of nitrogens with zero attached hydrogens (tertiary/aromatic N) is 1. The Hall–Kier alpha value is -0.810. The van der Waals surface area contributed by atoms with Crippen LogP contribution in [0.2, 0.25) is 0 Å². The Bertz CT molecular complexity index is 203. The molecule has 0 aliphatic carbocycles. The molecular weight excluding hydrogens is 194 g/mol. The third kappa shape index (κ3) is 6.30. The first-order valence-corrected chi connectivity index (χ1v) is 5.27. The third-order valence-electron chi connectivity index (χ3n) is 2.47. The zero-order chi connectivity index (χ0) is 11.9. The first kappa shape index (κ1) is 14.2. The van der Waals surface area contributed by atoms with Gasteiger partial charge < -0.3 is 21.4 Å². The summed E-state index contributed by atoms with van der Waals surface area (Å²) in [5, 5.41) is 23.8. The van der Waals surface area contributed by atoms with Crippen molar-refractivity contribution < 1.29 is 10.3 Å². The average molecular weight is 217 g/mol. The van der Waals surface area contributed by atoms with Crippen LogP contribution < -0.4 is 11.1 Å². The van der Waals surface area contributed by atoms with Crippen LogP contribution in [0.1, 0.15) is 33.6 Å². The fourth-order valence-corrected chi connectivity index (χ4v) is 1.10. The van der Waals surface area contributed by atoms with Crippen LogP contribution >= 0.6 is 0 Å². The zero-order valence-corrected chi connectivity index (χ0v) is 9.82. The van der Waals surface area contributed by atoms with Gasteiger partial charge in [-0.15, -0.1) is 0 Å². The van der Waals surface area contributed by atoms with E-state index < -0.39 is 0 Å². The standard InChI is InChI=1S/C10H23N3O2/c1-8(14)4-6-12-7-5-10(2,3)9(11)13-15/h8,12,14-15H,4-7H2,1-3H3,(H2,11,13). The van der Waals surface area contributed by atoms with Crippen molar-refractivity contribution >= 4 is 5.84 Å². The molecule has 0 saturated heterocycles. The molecule has 0 radical (unpaired) electrons. The molecule has 0 fully saturated rings. The summed E-state index contributed by atoms with van der Waals surface area (Å²) in [5.74, 6) is 0.250. The molecule has 15 heavy (non-hydrogen) atoms. The van der Waals surface area contributed by atoms with E-state index in [1.165, 1.54) is 0 Å². The van der Waals surface area contributed by atoms with Crippen LogP contribution in [-0.2, 0) is 0 Å². The minimum absolute atomic E-state index is 0.250. The Balaban J connectivity index is 3.67. The molecule has 0 aromatic carbocycles. The Morgan fingerprint density at radius 3 is 2.53 bits per heavy atom. The summed E-state index contributed by atoms with van der Waals surface area (Å²) in [6.07, 6.45) is 1.27. The third-order valence-corrected chi connectivity index (χ3v) is 2.47. The molecule has 0 heterocycles. The minimum Gasteiger partial charge on any atom is -0.409 e. The highest BCUT2D eigenvalue weighted by molar-refractivity contribution is 5.85. The molecule has 90 valence electrons. The van der Waals surface area contributed by atoms with Crippen molar-refractivity contribution in [1.29, 1.82) is 0 Å². The maximum Gasteiger partial charge on any atom is 0.144 e. The van der Waals surface area contributed by atoms with Gasteiger partial charge in [-0.3, -0.25) is 0 Å². The molecule has 1 unspecified atom stereocenters. The summed E-state index contributed by atoms with van der Waals surface area (Å²) in [7, 11) is 0. The topological polar surface area (TPSA) is 90.9 Å². The molecule has 0 bridgehead atoms. The molecule has 0 aromatic rings. The molecule has 0 saturated carbocycles. The number of aliphatic hydroxyl groups is 1. The van der Waals surface area contributed by atoms with Gasteiger partial charge in [0.1, 0.15) is 5.84 Å². The lowest BCUT2D eigenvalue weighted by atomic mass is 9.88. The molecule has 0 rings (SSSR count). The maximum atomic E-state index is 9.03. The number of hydrogen-bond acceptors (Lipinski definition) is 4. The van der Waals surface area contributed by atoms with Crippen molar-refractivity contribution in [2.75, 3.05) is 13.1 Å². The van der Waals surface area contributed by atoms with Gasteiger partial charge in [0.15, 0.2) is 0 Å². The number of nitrogens with two attached hydrogens (primary N) is 1. The quantitative estimate of drug-likeness (QED) is 0.164. The molecule has 0 aliphatic rings. The van der Waals surface area contributed by atoms with Gasteiger partial charge in [0.2, 0.25) is 0 Å². The summed E-state index contributed by atoms with van der Waals surface area (Å²) < 4.78 is 0. The van der Waals surface area contributed by atoms with Crippen LogP contribution in [0.4, 0.5) is 0 Å². The first-order chi connectivity index (χ1) is 6.90. The highest BCUT2D eigenvalue weighted by atomic mass is 16.4. The van der Waals surface area contributed by atoms with E-state index in [1.807, 2.05) is 13.8 Å². The van der Waals surface area contributed by atoms with Gasteiger partial charge >= 0.3 is 0 Å². The molecule has 5 nitrogen and oxygen atoms in total. The summed E-state index contributed by atoms with van der Waals surface area (Å²) in [6.45, 7) is 7.19. The van der Waals surface area contributed by atoms with Crippen LogP contribution in [0.15, 0.2) is 5.16 Å². The first-order valence-electron chi connectivity index (χ1n) is 5.27. The van der Waals surface area contributed by atoms with Crippen molar-refractivity contribution in [3.8, 4) is 0 Å². The summed E-state index contributed by atoms with van der Waals surface area (Å²) in [6, 6.07) is 0. The number of aliphatic hydroxyl groups excluding tert-OH is 1. The number of amidine groups is 1. The molecule has 0 spiro atoms. The fraction of sp³-hybridized carbons (Fsp3) is 0.900. The van der Waals surface area contributed by atoms with Gasteiger partial charge in [-0.2, -0.15) is 0 Å². The normalized spacial score (nSPS) is 15.3. The number of rotatable bonds is 7. The van der Waals surface area contributed by atoms with E-state index in [0.29, 0.717) is 0 Å². The zero-order valence-electron chi connectivity index (χ0n) is 9.82. The van der Waals surface area contributed by atoms with Gasteiger partial charge in [-0.1, -0.05) is 19.0 Å². The second kappa shape index (κ2) is 6.63. The van der Waals surface area contributed by atoms with Crippen molar-refractivity contribution in [2.45, 2.75) is 39.7 Å². The Kier molecular flexibility index (Phi) is 6.27. The van der Waals surface area contributed by atoms with E-state index >= 15 is 0 Å². The number of hydrogen-bond donors (Lipinski definition) is 4. The molecule has 5 N–H and O–H groups in total. The summed E-state index contributed by atoms with van der Waals surface area (Å²) in [5.41, 5.74) is 5.25. The van der Waals surface area contributed by atoms with Crippen molar-refractivity contribution in [1.82, 2.24) is 5.32 Å². The van der Waals surface area contributed by atoms with Crippen molar-refractivity contribution in [3.63, 3.8) is 0 Å². The van der Waals surface area contributed by atoms with E-state index in [2.05, 4.69) is 10.5 Å². The largest absolute Gasteiger partial charge is 0.409 e. The Labute approximate surface area is 91.4 Å². The lowest BCUT2D eigenvalue weighted by molar-refractivity contribution is 0.183.